The number of sulfonamides is 1. The maximum absolute atomic E-state index is 12.8. The van der Waals surface area contributed by atoms with Gasteiger partial charge in [-0.3, -0.25) is 4.79 Å². The van der Waals surface area contributed by atoms with Crippen molar-refractivity contribution in [2.24, 2.45) is 0 Å². The van der Waals surface area contributed by atoms with Gasteiger partial charge in [0.15, 0.2) is 0 Å². The first-order valence-electron chi connectivity index (χ1n) is 8.42. The van der Waals surface area contributed by atoms with Gasteiger partial charge in [0.25, 0.3) is 0 Å². The maximum atomic E-state index is 12.8. The molecule has 0 N–H and O–H groups in total. The fraction of sp³-hybridized carbons (Fsp3) is 0.316. The molecule has 2 aromatic rings. The first-order valence-corrected chi connectivity index (χ1v) is 11.1. The average molecular weight is 391 g/mol. The maximum Gasteiger partial charge on any atom is 0.243 e. The zero-order valence-electron chi connectivity index (χ0n) is 14.9. The summed E-state index contributed by atoms with van der Waals surface area (Å²) in [7, 11) is -2.25. The van der Waals surface area contributed by atoms with Gasteiger partial charge < -0.3 is 4.90 Å². The number of likely N-dealkylation sites (N-methyl/N-ethyl adjacent to an activating group) is 1. The molecule has 0 aliphatic carbocycles. The van der Waals surface area contributed by atoms with E-state index < -0.39 is 10.0 Å². The summed E-state index contributed by atoms with van der Waals surface area (Å²) in [6, 6.07) is 14.5. The Morgan fingerprint density at radius 2 is 1.85 bits per heavy atom. The fourth-order valence-corrected chi connectivity index (χ4v) is 4.61. The van der Waals surface area contributed by atoms with Crippen molar-refractivity contribution >= 4 is 33.4 Å². The highest BCUT2D eigenvalue weighted by atomic mass is 32.2. The van der Waals surface area contributed by atoms with E-state index in [0.717, 1.165) is 33.3 Å². The predicted octanol–water partition coefficient (Wildman–Crippen LogP) is 3.01. The van der Waals surface area contributed by atoms with E-state index >= 15 is 0 Å². The molecule has 0 saturated carbocycles. The number of carbonyl (C=O) groups excluding carboxylic acids is 1. The number of fused-ring (bicyclic) bond motifs is 1. The van der Waals surface area contributed by atoms with E-state index in [4.69, 9.17) is 0 Å². The lowest BCUT2D eigenvalue weighted by Gasteiger charge is -2.30. The highest BCUT2D eigenvalue weighted by Crippen LogP contribution is 2.27. The van der Waals surface area contributed by atoms with Crippen LogP contribution in [-0.2, 0) is 21.2 Å². The number of hydrogen-bond donors (Lipinski definition) is 0. The van der Waals surface area contributed by atoms with Gasteiger partial charge in [-0.25, -0.2) is 8.42 Å². The largest absolute Gasteiger partial charge is 0.311 e. The normalized spacial score (nSPS) is 14.3. The fourth-order valence-electron chi connectivity index (χ4n) is 3.08. The summed E-state index contributed by atoms with van der Waals surface area (Å²) >= 11 is 1.55. The van der Waals surface area contributed by atoms with E-state index in [1.54, 1.807) is 40.9 Å². The van der Waals surface area contributed by atoms with E-state index in [0.29, 0.717) is 6.54 Å². The van der Waals surface area contributed by atoms with Crippen LogP contribution in [0, 0.1) is 0 Å². The third-order valence-corrected chi connectivity index (χ3v) is 7.10. The monoisotopic (exact) mass is 390 g/mol. The molecule has 26 heavy (non-hydrogen) atoms. The van der Waals surface area contributed by atoms with Crippen molar-refractivity contribution in [3.63, 3.8) is 0 Å². The number of aryl methyl sites for hydroxylation is 1. The van der Waals surface area contributed by atoms with Crippen LogP contribution >= 0.6 is 11.8 Å². The molecular weight excluding hydrogens is 368 g/mol. The summed E-state index contributed by atoms with van der Waals surface area (Å²) < 4.78 is 26.6. The number of thioether (sulfide) groups is 1. The highest BCUT2D eigenvalue weighted by Gasteiger charge is 2.27. The first-order chi connectivity index (χ1) is 12.4. The second-order valence-electron chi connectivity index (χ2n) is 6.21. The Morgan fingerprint density at radius 3 is 2.54 bits per heavy atom. The molecule has 0 fully saturated rings. The SMILES string of the molecule is CSc1ccc(S(=O)(=O)N(C)CC(=O)N2CCCc3ccccc32)cc1. The van der Waals surface area contributed by atoms with Gasteiger partial charge in [0.1, 0.15) is 0 Å². The lowest BCUT2D eigenvalue weighted by molar-refractivity contribution is -0.118. The van der Waals surface area contributed by atoms with Crippen LogP contribution in [-0.4, -0.2) is 45.0 Å². The molecule has 5 nitrogen and oxygen atoms in total. The topological polar surface area (TPSA) is 57.7 Å². The van der Waals surface area contributed by atoms with Crippen molar-refractivity contribution in [1.82, 2.24) is 4.31 Å². The van der Waals surface area contributed by atoms with Crippen LogP contribution in [0.5, 0.6) is 0 Å². The number of amides is 1. The summed E-state index contributed by atoms with van der Waals surface area (Å²) in [5.74, 6) is -0.205. The van der Waals surface area contributed by atoms with Crippen molar-refractivity contribution < 1.29 is 13.2 Å². The molecule has 0 radical (unpaired) electrons. The molecular formula is C19H22N2O3S2. The van der Waals surface area contributed by atoms with Gasteiger partial charge in [0.05, 0.1) is 11.4 Å². The molecule has 7 heteroatoms. The van der Waals surface area contributed by atoms with Crippen molar-refractivity contribution in [1.29, 1.82) is 0 Å². The number of hydrogen-bond acceptors (Lipinski definition) is 4. The van der Waals surface area contributed by atoms with Gasteiger partial charge in [-0.1, -0.05) is 18.2 Å². The quantitative estimate of drug-likeness (QED) is 0.737. The van der Waals surface area contributed by atoms with Gasteiger partial charge in [0.2, 0.25) is 15.9 Å². The number of anilines is 1. The number of carbonyl (C=O) groups is 1. The van der Waals surface area contributed by atoms with E-state index in [1.165, 1.54) is 7.05 Å². The Hall–Kier alpha value is -1.83. The highest BCUT2D eigenvalue weighted by molar-refractivity contribution is 7.98. The van der Waals surface area contributed by atoms with Crippen molar-refractivity contribution in [2.75, 3.05) is 31.3 Å². The van der Waals surface area contributed by atoms with Crippen LogP contribution in [0.4, 0.5) is 5.69 Å². The third-order valence-electron chi connectivity index (χ3n) is 4.54. The van der Waals surface area contributed by atoms with E-state index in [1.807, 2.05) is 30.5 Å². The summed E-state index contributed by atoms with van der Waals surface area (Å²) in [4.78, 5) is 15.7. The Labute approximate surface area is 159 Å². The number of benzene rings is 2. The van der Waals surface area contributed by atoms with Crippen LogP contribution in [0.25, 0.3) is 0 Å². The van der Waals surface area contributed by atoms with Gasteiger partial charge in [-0.15, -0.1) is 11.8 Å². The zero-order chi connectivity index (χ0) is 18.7. The average Bonchev–Trinajstić information content (AvgIpc) is 2.67. The summed E-state index contributed by atoms with van der Waals surface area (Å²) in [5, 5.41) is 0. The van der Waals surface area contributed by atoms with Crippen LogP contribution < -0.4 is 4.90 Å². The van der Waals surface area contributed by atoms with E-state index in [2.05, 4.69) is 0 Å². The number of rotatable bonds is 5. The molecule has 2 aromatic carbocycles. The van der Waals surface area contributed by atoms with Crippen molar-refractivity contribution in [3.05, 3.63) is 54.1 Å². The standard InChI is InChI=1S/C19H22N2O3S2/c1-20(26(23,24)17-11-9-16(25-2)10-12-17)14-19(22)21-13-5-7-15-6-3-4-8-18(15)21/h3-4,6,8-12H,5,7,13-14H2,1-2H3. The number of para-hydroxylation sites is 1. The minimum Gasteiger partial charge on any atom is -0.311 e. The second kappa shape index (κ2) is 7.82. The van der Waals surface area contributed by atoms with Crippen LogP contribution in [0.3, 0.4) is 0 Å². The van der Waals surface area contributed by atoms with Crippen LogP contribution in [0.15, 0.2) is 58.3 Å². The van der Waals surface area contributed by atoms with Gasteiger partial charge >= 0.3 is 0 Å². The smallest absolute Gasteiger partial charge is 0.243 e. The minimum atomic E-state index is -3.70. The molecule has 1 aliphatic rings. The molecule has 0 aromatic heterocycles. The molecule has 3 rings (SSSR count). The lowest BCUT2D eigenvalue weighted by Crippen LogP contribution is -2.43. The van der Waals surface area contributed by atoms with Crippen molar-refractivity contribution in [3.8, 4) is 0 Å². The Morgan fingerprint density at radius 1 is 1.15 bits per heavy atom. The van der Waals surface area contributed by atoms with Crippen LogP contribution in [0.2, 0.25) is 0 Å². The Kier molecular flexibility index (Phi) is 5.70. The summed E-state index contributed by atoms with van der Waals surface area (Å²) in [5.41, 5.74) is 2.02. The predicted molar refractivity (Wildman–Crippen MR) is 105 cm³/mol. The molecule has 138 valence electrons. The molecule has 0 spiro atoms. The Bertz CT molecular complexity index is 895. The third kappa shape index (κ3) is 3.79. The molecule has 1 aliphatic heterocycles. The van der Waals surface area contributed by atoms with Crippen molar-refractivity contribution in [2.45, 2.75) is 22.6 Å². The number of nitrogens with zero attached hydrogens (tertiary/aromatic N) is 2. The molecule has 0 unspecified atom stereocenters. The second-order valence-corrected chi connectivity index (χ2v) is 9.14. The Balaban J connectivity index is 1.77. The van der Waals surface area contributed by atoms with Gasteiger partial charge in [0, 0.05) is 24.2 Å². The molecule has 1 amide bonds. The van der Waals surface area contributed by atoms with Gasteiger partial charge in [-0.2, -0.15) is 4.31 Å². The molecule has 0 saturated heterocycles. The lowest BCUT2D eigenvalue weighted by atomic mass is 10.0. The minimum absolute atomic E-state index is 0.180. The van der Waals surface area contributed by atoms with Gasteiger partial charge in [-0.05, 0) is 55.0 Å². The molecule has 0 atom stereocenters. The van der Waals surface area contributed by atoms with E-state index in [-0.39, 0.29) is 17.3 Å². The summed E-state index contributed by atoms with van der Waals surface area (Å²) in [6.45, 7) is 0.438. The van der Waals surface area contributed by atoms with Crippen LogP contribution in [0.1, 0.15) is 12.0 Å². The van der Waals surface area contributed by atoms with E-state index in [9.17, 15) is 13.2 Å². The first kappa shape index (κ1) is 18.9. The molecule has 0 bridgehead atoms. The summed E-state index contributed by atoms with van der Waals surface area (Å²) in [6.07, 6.45) is 3.76. The zero-order valence-corrected chi connectivity index (χ0v) is 16.5. The molecule has 1 heterocycles.